The molecule has 3 fully saturated rings. The summed E-state index contributed by atoms with van der Waals surface area (Å²) >= 11 is 0. The third kappa shape index (κ3) is 3.79. The molecular formula is C23H30N4O4. The van der Waals surface area contributed by atoms with E-state index in [9.17, 15) is 19.2 Å². The van der Waals surface area contributed by atoms with Gasteiger partial charge in [-0.15, -0.1) is 0 Å². The summed E-state index contributed by atoms with van der Waals surface area (Å²) in [4.78, 5) is 52.6. The lowest BCUT2D eigenvalue weighted by molar-refractivity contribution is -0.141. The second-order valence-electron chi connectivity index (χ2n) is 8.96. The molecule has 1 aliphatic carbocycles. The van der Waals surface area contributed by atoms with Crippen LogP contribution in [0.15, 0.2) is 24.3 Å². The first kappa shape index (κ1) is 21.3. The van der Waals surface area contributed by atoms with Gasteiger partial charge in [-0.2, -0.15) is 5.01 Å². The van der Waals surface area contributed by atoms with E-state index in [0.29, 0.717) is 12.8 Å². The molecule has 0 unspecified atom stereocenters. The van der Waals surface area contributed by atoms with Crippen molar-refractivity contribution in [1.29, 1.82) is 0 Å². The fourth-order valence-electron chi connectivity index (χ4n) is 4.90. The Morgan fingerprint density at radius 1 is 1.19 bits per heavy atom. The van der Waals surface area contributed by atoms with Gasteiger partial charge in [0.2, 0.25) is 11.8 Å². The van der Waals surface area contributed by atoms with Gasteiger partial charge < -0.3 is 10.2 Å². The van der Waals surface area contributed by atoms with Crippen molar-refractivity contribution < 1.29 is 19.2 Å². The van der Waals surface area contributed by atoms with Crippen molar-refractivity contribution in [2.75, 3.05) is 11.4 Å². The van der Waals surface area contributed by atoms with E-state index in [1.54, 1.807) is 4.90 Å². The Morgan fingerprint density at radius 3 is 2.61 bits per heavy atom. The standard InChI is InChI=1S/C23H30N4O4/c1-3-15(2)17-9-5-6-10-18(17)26-14-16(13-19(26)28)20(29)25-27-21(30)23(24-22(27)31)11-7-4-8-12-23/h5-6,9-10,15-16H,3-4,7-8,11-14H2,1-2H3,(H,24,31)(H,25,29)/t15-,16-/m1/s1. The molecule has 0 radical (unpaired) electrons. The maximum absolute atomic E-state index is 12.9. The van der Waals surface area contributed by atoms with Crippen LogP contribution in [-0.2, 0) is 14.4 Å². The van der Waals surface area contributed by atoms with E-state index in [1.807, 2.05) is 24.3 Å². The zero-order valence-electron chi connectivity index (χ0n) is 18.1. The highest BCUT2D eigenvalue weighted by Gasteiger charge is 2.52. The summed E-state index contributed by atoms with van der Waals surface area (Å²) in [6, 6.07) is 7.17. The molecule has 8 nitrogen and oxygen atoms in total. The molecule has 2 aliphatic heterocycles. The number of para-hydroxylation sites is 1. The van der Waals surface area contributed by atoms with Crippen LogP contribution in [-0.4, -0.2) is 40.8 Å². The van der Waals surface area contributed by atoms with Crippen molar-refractivity contribution in [3.8, 4) is 0 Å². The molecule has 166 valence electrons. The number of urea groups is 1. The van der Waals surface area contributed by atoms with E-state index in [2.05, 4.69) is 24.6 Å². The Bertz CT molecular complexity index is 909. The summed E-state index contributed by atoms with van der Waals surface area (Å²) < 4.78 is 0. The first-order valence-electron chi connectivity index (χ1n) is 11.2. The number of hydrogen-bond donors (Lipinski definition) is 2. The van der Waals surface area contributed by atoms with Crippen LogP contribution >= 0.6 is 0 Å². The predicted octanol–water partition coefficient (Wildman–Crippen LogP) is 2.84. The molecule has 0 aromatic heterocycles. The van der Waals surface area contributed by atoms with Crippen LogP contribution in [0.25, 0.3) is 0 Å². The highest BCUT2D eigenvalue weighted by atomic mass is 16.2. The molecule has 31 heavy (non-hydrogen) atoms. The van der Waals surface area contributed by atoms with Crippen LogP contribution in [0, 0.1) is 5.92 Å². The lowest BCUT2D eigenvalue weighted by Gasteiger charge is -2.30. The molecule has 3 aliphatic rings. The average Bonchev–Trinajstić information content (AvgIpc) is 3.27. The molecule has 4 rings (SSSR count). The van der Waals surface area contributed by atoms with Gasteiger partial charge in [0.05, 0.1) is 5.92 Å². The van der Waals surface area contributed by atoms with E-state index >= 15 is 0 Å². The summed E-state index contributed by atoms with van der Waals surface area (Å²) in [5.74, 6) is -1.34. The maximum Gasteiger partial charge on any atom is 0.344 e. The topological polar surface area (TPSA) is 98.8 Å². The Morgan fingerprint density at radius 2 is 1.90 bits per heavy atom. The van der Waals surface area contributed by atoms with Crippen LogP contribution < -0.4 is 15.6 Å². The number of nitrogens with one attached hydrogen (secondary N) is 2. The first-order valence-corrected chi connectivity index (χ1v) is 11.2. The van der Waals surface area contributed by atoms with Crippen LogP contribution in [0.1, 0.15) is 70.3 Å². The normalized spacial score (nSPS) is 23.9. The van der Waals surface area contributed by atoms with Crippen LogP contribution in [0.4, 0.5) is 10.5 Å². The predicted molar refractivity (Wildman–Crippen MR) is 115 cm³/mol. The molecular weight excluding hydrogens is 396 g/mol. The highest BCUT2D eigenvalue weighted by Crippen LogP contribution is 2.35. The lowest BCUT2D eigenvalue weighted by atomic mass is 9.82. The van der Waals surface area contributed by atoms with Crippen LogP contribution in [0.5, 0.6) is 0 Å². The lowest BCUT2D eigenvalue weighted by Crippen LogP contribution is -2.52. The molecule has 1 aromatic rings. The number of hydrogen-bond acceptors (Lipinski definition) is 4. The molecule has 1 aromatic carbocycles. The van der Waals surface area contributed by atoms with Gasteiger partial charge in [-0.3, -0.25) is 19.8 Å². The number of benzene rings is 1. The van der Waals surface area contributed by atoms with Crippen LogP contribution in [0.2, 0.25) is 0 Å². The van der Waals surface area contributed by atoms with Gasteiger partial charge in [-0.05, 0) is 36.8 Å². The fraction of sp³-hybridized carbons (Fsp3) is 0.565. The Hall–Kier alpha value is -2.90. The first-order chi connectivity index (χ1) is 14.9. The number of imide groups is 1. The van der Waals surface area contributed by atoms with Crippen molar-refractivity contribution in [1.82, 2.24) is 15.8 Å². The van der Waals surface area contributed by atoms with Crippen molar-refractivity contribution >= 4 is 29.4 Å². The third-order valence-electron chi connectivity index (χ3n) is 6.96. The van der Waals surface area contributed by atoms with Crippen molar-refractivity contribution in [2.24, 2.45) is 5.92 Å². The molecule has 2 N–H and O–H groups in total. The van der Waals surface area contributed by atoms with Crippen molar-refractivity contribution in [3.05, 3.63) is 29.8 Å². The van der Waals surface area contributed by atoms with E-state index in [-0.39, 0.29) is 24.8 Å². The van der Waals surface area contributed by atoms with Gasteiger partial charge in [-0.1, -0.05) is 51.3 Å². The van der Waals surface area contributed by atoms with Crippen molar-refractivity contribution in [3.63, 3.8) is 0 Å². The number of carbonyl (C=O) groups is 4. The fourth-order valence-corrected chi connectivity index (χ4v) is 4.90. The number of carbonyl (C=O) groups excluding carboxylic acids is 4. The van der Waals surface area contributed by atoms with Gasteiger partial charge in [-0.25, -0.2) is 4.79 Å². The monoisotopic (exact) mass is 426 g/mol. The number of hydrazine groups is 1. The largest absolute Gasteiger partial charge is 0.344 e. The number of anilines is 1. The van der Waals surface area contributed by atoms with Crippen LogP contribution in [0.3, 0.4) is 0 Å². The smallest absolute Gasteiger partial charge is 0.322 e. The molecule has 1 spiro atoms. The second-order valence-corrected chi connectivity index (χ2v) is 8.96. The molecule has 1 saturated carbocycles. The summed E-state index contributed by atoms with van der Waals surface area (Å²) in [5.41, 5.74) is 3.50. The number of rotatable bonds is 5. The molecule has 2 saturated heterocycles. The van der Waals surface area contributed by atoms with Gasteiger partial charge in [0, 0.05) is 18.7 Å². The van der Waals surface area contributed by atoms with Gasteiger partial charge in [0.15, 0.2) is 0 Å². The molecule has 2 heterocycles. The zero-order valence-corrected chi connectivity index (χ0v) is 18.1. The minimum atomic E-state index is -0.893. The summed E-state index contributed by atoms with van der Waals surface area (Å²) in [7, 11) is 0. The minimum absolute atomic E-state index is 0.0511. The second kappa shape index (κ2) is 8.32. The number of nitrogens with zero attached hydrogens (tertiary/aromatic N) is 2. The molecule has 2 atom stereocenters. The van der Waals surface area contributed by atoms with E-state index in [1.165, 1.54) is 0 Å². The minimum Gasteiger partial charge on any atom is -0.322 e. The molecule has 8 heteroatoms. The number of amides is 5. The van der Waals surface area contributed by atoms with E-state index in [4.69, 9.17) is 0 Å². The Balaban J connectivity index is 1.46. The zero-order chi connectivity index (χ0) is 22.2. The highest BCUT2D eigenvalue weighted by molar-refractivity contribution is 6.08. The van der Waals surface area contributed by atoms with E-state index < -0.39 is 29.3 Å². The van der Waals surface area contributed by atoms with E-state index in [0.717, 1.165) is 41.9 Å². The van der Waals surface area contributed by atoms with Gasteiger partial charge in [0.1, 0.15) is 5.54 Å². The third-order valence-corrected chi connectivity index (χ3v) is 6.96. The summed E-state index contributed by atoms with van der Waals surface area (Å²) in [5, 5.41) is 3.59. The average molecular weight is 427 g/mol. The van der Waals surface area contributed by atoms with Gasteiger partial charge >= 0.3 is 6.03 Å². The quantitative estimate of drug-likeness (QED) is 0.708. The Kier molecular flexibility index (Phi) is 5.73. The summed E-state index contributed by atoms with van der Waals surface area (Å²) in [6.45, 7) is 4.44. The maximum atomic E-state index is 12.9. The van der Waals surface area contributed by atoms with Gasteiger partial charge in [0.25, 0.3) is 5.91 Å². The van der Waals surface area contributed by atoms with Crippen molar-refractivity contribution in [2.45, 2.75) is 70.3 Å². The summed E-state index contributed by atoms with van der Waals surface area (Å²) in [6.07, 6.45) is 4.95. The molecule has 5 amide bonds. The SMILES string of the molecule is CC[C@@H](C)c1ccccc1N1C[C@H](C(=O)NN2C(=O)NC3(CCCCC3)C2=O)CC1=O. The molecule has 0 bridgehead atoms. The Labute approximate surface area is 182 Å².